The molecule has 3 rings (SSSR count). The third kappa shape index (κ3) is 4.47. The molecule has 0 N–H and O–H groups in total. The summed E-state index contributed by atoms with van der Waals surface area (Å²) >= 11 is 13.3. The van der Waals surface area contributed by atoms with Crippen LogP contribution < -0.4 is 4.80 Å². The first-order valence-electron chi connectivity index (χ1n) is 8.28. The van der Waals surface area contributed by atoms with Crippen LogP contribution in [0.5, 0.6) is 0 Å². The van der Waals surface area contributed by atoms with Crippen LogP contribution in [0.15, 0.2) is 41.4 Å². The van der Waals surface area contributed by atoms with Gasteiger partial charge in [-0.3, -0.25) is 19.7 Å². The molecule has 2 aromatic carbocycles. The third-order valence-electron chi connectivity index (χ3n) is 3.83. The Hall–Kier alpha value is -2.75. The van der Waals surface area contributed by atoms with Crippen LogP contribution in [-0.4, -0.2) is 28.0 Å². The molecule has 0 bridgehead atoms. The molecule has 0 saturated carbocycles. The number of para-hydroxylation sites is 1. The monoisotopic (exact) mass is 453 g/mol. The second-order valence-corrected chi connectivity index (χ2v) is 7.55. The fourth-order valence-corrected chi connectivity index (χ4v) is 4.20. The van der Waals surface area contributed by atoms with Crippen molar-refractivity contribution in [3.05, 3.63) is 66.9 Å². The molecule has 0 radical (unpaired) electrons. The van der Waals surface area contributed by atoms with Crippen LogP contribution in [0.25, 0.3) is 10.2 Å². The standard InChI is InChI=1S/C18H13Cl2N3O5S/c1-2-28-15(24)9-22-16-12(20)4-3-5-14(16)29-18(22)21-17(25)11-8-10(19)6-7-13(11)23(26)27/h3-8H,2,9H2,1H3. The molecule has 0 fully saturated rings. The lowest BCUT2D eigenvalue weighted by Gasteiger charge is -2.06. The van der Waals surface area contributed by atoms with Crippen LogP contribution in [0.1, 0.15) is 17.3 Å². The first-order valence-corrected chi connectivity index (χ1v) is 9.85. The summed E-state index contributed by atoms with van der Waals surface area (Å²) in [5.74, 6) is -1.39. The van der Waals surface area contributed by atoms with Gasteiger partial charge in [0.1, 0.15) is 12.1 Å². The molecule has 150 valence electrons. The zero-order valence-corrected chi connectivity index (χ0v) is 17.3. The van der Waals surface area contributed by atoms with Gasteiger partial charge in [-0.05, 0) is 31.2 Å². The molecular weight excluding hydrogens is 441 g/mol. The largest absolute Gasteiger partial charge is 0.465 e. The number of rotatable bonds is 5. The Kier molecular flexibility index (Phi) is 6.31. The average Bonchev–Trinajstić information content (AvgIpc) is 2.99. The Labute approximate surface area is 178 Å². The van der Waals surface area contributed by atoms with E-state index in [-0.39, 0.29) is 28.5 Å². The van der Waals surface area contributed by atoms with Crippen molar-refractivity contribution >= 4 is 62.3 Å². The lowest BCUT2D eigenvalue weighted by atomic mass is 10.2. The molecule has 0 aliphatic carbocycles. The number of esters is 1. The Morgan fingerprint density at radius 1 is 1.28 bits per heavy atom. The van der Waals surface area contributed by atoms with Crippen molar-refractivity contribution in [1.82, 2.24) is 4.57 Å². The lowest BCUT2D eigenvalue weighted by Crippen LogP contribution is -2.23. The van der Waals surface area contributed by atoms with Crippen molar-refractivity contribution < 1.29 is 19.2 Å². The van der Waals surface area contributed by atoms with Gasteiger partial charge in [0.25, 0.3) is 11.6 Å². The van der Waals surface area contributed by atoms with E-state index in [1.165, 1.54) is 16.7 Å². The maximum Gasteiger partial charge on any atom is 0.326 e. The molecule has 0 aliphatic rings. The predicted molar refractivity (Wildman–Crippen MR) is 109 cm³/mol. The van der Waals surface area contributed by atoms with Gasteiger partial charge in [0, 0.05) is 11.1 Å². The summed E-state index contributed by atoms with van der Waals surface area (Å²) in [4.78, 5) is 39.5. The number of nitro benzene ring substituents is 1. The first-order chi connectivity index (χ1) is 13.8. The number of nitrogens with zero attached hydrogens (tertiary/aromatic N) is 3. The Morgan fingerprint density at radius 2 is 2.03 bits per heavy atom. The van der Waals surface area contributed by atoms with Gasteiger partial charge in [0.15, 0.2) is 4.80 Å². The summed E-state index contributed by atoms with van der Waals surface area (Å²) in [6.45, 7) is 1.64. The van der Waals surface area contributed by atoms with Gasteiger partial charge in [-0.25, -0.2) is 0 Å². The van der Waals surface area contributed by atoms with E-state index in [4.69, 9.17) is 27.9 Å². The van der Waals surface area contributed by atoms with E-state index >= 15 is 0 Å². The minimum absolute atomic E-state index is 0.153. The van der Waals surface area contributed by atoms with Crippen LogP contribution in [0.4, 0.5) is 5.69 Å². The van der Waals surface area contributed by atoms with Crippen molar-refractivity contribution in [2.24, 2.45) is 4.99 Å². The number of aromatic nitrogens is 1. The van der Waals surface area contributed by atoms with E-state index < -0.39 is 22.5 Å². The van der Waals surface area contributed by atoms with Crippen molar-refractivity contribution in [3.63, 3.8) is 0 Å². The van der Waals surface area contributed by atoms with Crippen molar-refractivity contribution in [3.8, 4) is 0 Å². The highest BCUT2D eigenvalue weighted by molar-refractivity contribution is 7.16. The number of halogens is 2. The van der Waals surface area contributed by atoms with Gasteiger partial charge in [-0.15, -0.1) is 0 Å². The van der Waals surface area contributed by atoms with Crippen LogP contribution >= 0.6 is 34.5 Å². The second kappa shape index (κ2) is 8.73. The molecule has 1 heterocycles. The Bertz CT molecular complexity index is 1200. The molecule has 8 nitrogen and oxygen atoms in total. The SMILES string of the molecule is CCOC(=O)Cn1c(=NC(=O)c2cc(Cl)ccc2[N+](=O)[O-])sc2cccc(Cl)c21. The minimum atomic E-state index is -0.862. The van der Waals surface area contributed by atoms with Gasteiger partial charge >= 0.3 is 5.97 Å². The van der Waals surface area contributed by atoms with Gasteiger partial charge in [-0.1, -0.05) is 40.6 Å². The number of carbonyl (C=O) groups excluding carboxylic acids is 2. The molecule has 0 saturated heterocycles. The number of nitro groups is 1. The maximum atomic E-state index is 12.7. The van der Waals surface area contributed by atoms with E-state index in [1.807, 2.05) is 0 Å². The van der Waals surface area contributed by atoms with Crippen LogP contribution in [0, 0.1) is 10.1 Å². The van der Waals surface area contributed by atoms with E-state index in [0.29, 0.717) is 15.2 Å². The normalized spacial score (nSPS) is 11.6. The summed E-state index contributed by atoms with van der Waals surface area (Å²) in [7, 11) is 0. The predicted octanol–water partition coefficient (Wildman–Crippen LogP) is 4.22. The molecule has 0 atom stereocenters. The van der Waals surface area contributed by atoms with Gasteiger partial charge < -0.3 is 9.30 Å². The summed E-state index contributed by atoms with van der Waals surface area (Å²) in [5, 5.41) is 11.8. The minimum Gasteiger partial charge on any atom is -0.465 e. The summed E-state index contributed by atoms with van der Waals surface area (Å²) in [5.41, 5.74) is -0.160. The van der Waals surface area contributed by atoms with Crippen LogP contribution in [0.2, 0.25) is 10.0 Å². The van der Waals surface area contributed by atoms with Gasteiger partial charge in [0.2, 0.25) is 0 Å². The molecule has 0 aliphatic heterocycles. The number of amides is 1. The maximum absolute atomic E-state index is 12.7. The molecule has 3 aromatic rings. The highest BCUT2D eigenvalue weighted by Crippen LogP contribution is 2.26. The molecule has 0 spiro atoms. The van der Waals surface area contributed by atoms with Gasteiger partial charge in [-0.2, -0.15) is 4.99 Å². The number of benzene rings is 2. The lowest BCUT2D eigenvalue weighted by molar-refractivity contribution is -0.385. The number of hydrogen-bond donors (Lipinski definition) is 0. The zero-order valence-electron chi connectivity index (χ0n) is 14.9. The summed E-state index contributed by atoms with van der Waals surface area (Å²) in [6, 6.07) is 8.77. The van der Waals surface area contributed by atoms with E-state index in [2.05, 4.69) is 4.99 Å². The number of ether oxygens (including phenoxy) is 1. The van der Waals surface area contributed by atoms with Crippen molar-refractivity contribution in [2.45, 2.75) is 13.5 Å². The highest BCUT2D eigenvalue weighted by atomic mass is 35.5. The van der Waals surface area contributed by atoms with Crippen molar-refractivity contribution in [2.75, 3.05) is 6.61 Å². The topological polar surface area (TPSA) is 104 Å². The first kappa shape index (κ1) is 21.0. The fourth-order valence-electron chi connectivity index (χ4n) is 2.64. The number of fused-ring (bicyclic) bond motifs is 1. The second-order valence-electron chi connectivity index (χ2n) is 5.70. The van der Waals surface area contributed by atoms with Gasteiger partial charge in [0.05, 0.1) is 26.8 Å². The summed E-state index contributed by atoms with van der Waals surface area (Å²) < 4.78 is 7.13. The van der Waals surface area contributed by atoms with E-state index in [0.717, 1.165) is 17.4 Å². The molecule has 29 heavy (non-hydrogen) atoms. The number of carbonyl (C=O) groups is 2. The number of thiazole rings is 1. The van der Waals surface area contributed by atoms with E-state index in [9.17, 15) is 19.7 Å². The fraction of sp³-hybridized carbons (Fsp3) is 0.167. The Balaban J connectivity index is 2.19. The van der Waals surface area contributed by atoms with Crippen LogP contribution in [-0.2, 0) is 16.1 Å². The highest BCUT2D eigenvalue weighted by Gasteiger charge is 2.21. The third-order valence-corrected chi connectivity index (χ3v) is 5.41. The zero-order chi connectivity index (χ0) is 21.1. The smallest absolute Gasteiger partial charge is 0.326 e. The molecule has 1 aromatic heterocycles. The average molecular weight is 454 g/mol. The number of hydrogen-bond acceptors (Lipinski definition) is 6. The summed E-state index contributed by atoms with van der Waals surface area (Å²) in [6.07, 6.45) is 0. The molecular formula is C18H13Cl2N3O5S. The Morgan fingerprint density at radius 3 is 2.72 bits per heavy atom. The van der Waals surface area contributed by atoms with Crippen LogP contribution in [0.3, 0.4) is 0 Å². The van der Waals surface area contributed by atoms with Crippen molar-refractivity contribution in [1.29, 1.82) is 0 Å². The molecule has 1 amide bonds. The quantitative estimate of drug-likeness (QED) is 0.326. The molecule has 0 unspecified atom stereocenters. The van der Waals surface area contributed by atoms with E-state index in [1.54, 1.807) is 25.1 Å². The molecule has 11 heteroatoms.